The van der Waals surface area contributed by atoms with Crippen LogP contribution in [0.1, 0.15) is 5.56 Å². The number of rotatable bonds is 7. The summed E-state index contributed by atoms with van der Waals surface area (Å²) < 4.78 is 16.2. The van der Waals surface area contributed by atoms with Crippen molar-refractivity contribution in [1.82, 2.24) is 10.1 Å². The Bertz CT molecular complexity index is 1170. The van der Waals surface area contributed by atoms with Crippen molar-refractivity contribution in [1.29, 1.82) is 0 Å². The normalized spacial score (nSPS) is 10.5. The standard InChI is InChI=1S/C24H21N3O4/c1-16-7-9-17(10-8-16)23-26-24(31-27-23)18-11-13-19(14-12-18)30-15-22(28)25-20-5-3-4-6-21(20)29-2/h3-14H,15H2,1-2H3,(H,25,28). The summed E-state index contributed by atoms with van der Waals surface area (Å²) in [6, 6.07) is 22.2. The molecule has 0 saturated carbocycles. The monoisotopic (exact) mass is 415 g/mol. The van der Waals surface area contributed by atoms with E-state index < -0.39 is 0 Å². The summed E-state index contributed by atoms with van der Waals surface area (Å²) >= 11 is 0. The van der Waals surface area contributed by atoms with E-state index in [1.54, 1.807) is 43.5 Å². The van der Waals surface area contributed by atoms with Gasteiger partial charge >= 0.3 is 0 Å². The van der Waals surface area contributed by atoms with Gasteiger partial charge in [0, 0.05) is 11.1 Å². The Labute approximate surface area is 179 Å². The van der Waals surface area contributed by atoms with Gasteiger partial charge in [0.2, 0.25) is 5.82 Å². The Morgan fingerprint density at radius 2 is 1.68 bits per heavy atom. The number of ether oxygens (including phenoxy) is 2. The topological polar surface area (TPSA) is 86.5 Å². The largest absolute Gasteiger partial charge is 0.495 e. The molecule has 0 aliphatic heterocycles. The van der Waals surface area contributed by atoms with Gasteiger partial charge in [0.1, 0.15) is 11.5 Å². The molecule has 1 amide bonds. The fourth-order valence-corrected chi connectivity index (χ4v) is 2.94. The molecule has 1 heterocycles. The first-order valence-electron chi connectivity index (χ1n) is 9.69. The molecular formula is C24H21N3O4. The maximum atomic E-state index is 12.2. The Kier molecular flexibility index (Phi) is 5.93. The molecule has 1 aromatic heterocycles. The molecule has 0 spiro atoms. The van der Waals surface area contributed by atoms with Crippen molar-refractivity contribution in [2.45, 2.75) is 6.92 Å². The first-order valence-corrected chi connectivity index (χ1v) is 9.69. The molecule has 0 fully saturated rings. The van der Waals surface area contributed by atoms with Gasteiger partial charge in [-0.05, 0) is 43.3 Å². The van der Waals surface area contributed by atoms with Gasteiger partial charge in [0.05, 0.1) is 12.8 Å². The Hall–Kier alpha value is -4.13. The predicted molar refractivity (Wildman–Crippen MR) is 117 cm³/mol. The molecule has 3 aromatic carbocycles. The lowest BCUT2D eigenvalue weighted by molar-refractivity contribution is -0.118. The van der Waals surface area contributed by atoms with Crippen LogP contribution in [0.15, 0.2) is 77.3 Å². The lowest BCUT2D eigenvalue weighted by atomic mass is 10.1. The molecule has 0 aliphatic rings. The number of benzene rings is 3. The zero-order valence-corrected chi connectivity index (χ0v) is 17.2. The molecule has 0 radical (unpaired) electrons. The number of hydrogen-bond acceptors (Lipinski definition) is 6. The minimum Gasteiger partial charge on any atom is -0.495 e. The zero-order valence-electron chi connectivity index (χ0n) is 17.2. The number of nitrogens with one attached hydrogen (secondary N) is 1. The summed E-state index contributed by atoms with van der Waals surface area (Å²) in [5.41, 5.74) is 3.41. The molecule has 7 nitrogen and oxygen atoms in total. The third-order valence-electron chi connectivity index (χ3n) is 4.59. The fourth-order valence-electron chi connectivity index (χ4n) is 2.94. The van der Waals surface area contributed by atoms with Gasteiger partial charge in [0.15, 0.2) is 6.61 Å². The quantitative estimate of drug-likeness (QED) is 0.469. The van der Waals surface area contributed by atoms with Crippen LogP contribution in [0.5, 0.6) is 11.5 Å². The minimum absolute atomic E-state index is 0.129. The van der Waals surface area contributed by atoms with Crippen molar-refractivity contribution in [2.24, 2.45) is 0 Å². The van der Waals surface area contributed by atoms with E-state index in [0.717, 1.165) is 11.1 Å². The van der Waals surface area contributed by atoms with Gasteiger partial charge in [-0.15, -0.1) is 0 Å². The summed E-state index contributed by atoms with van der Waals surface area (Å²) in [6.07, 6.45) is 0. The number of methoxy groups -OCH3 is 1. The van der Waals surface area contributed by atoms with Crippen molar-refractivity contribution in [3.63, 3.8) is 0 Å². The zero-order chi connectivity index (χ0) is 21.6. The number of aromatic nitrogens is 2. The van der Waals surface area contributed by atoms with E-state index in [4.69, 9.17) is 14.0 Å². The lowest BCUT2D eigenvalue weighted by Gasteiger charge is -2.10. The predicted octanol–water partition coefficient (Wildman–Crippen LogP) is 4.74. The molecule has 4 aromatic rings. The third-order valence-corrected chi connectivity index (χ3v) is 4.59. The number of para-hydroxylation sites is 2. The highest BCUT2D eigenvalue weighted by Crippen LogP contribution is 2.25. The van der Waals surface area contributed by atoms with Gasteiger partial charge in [-0.25, -0.2) is 0 Å². The molecule has 31 heavy (non-hydrogen) atoms. The number of amides is 1. The van der Waals surface area contributed by atoms with Crippen molar-refractivity contribution >= 4 is 11.6 Å². The van der Waals surface area contributed by atoms with E-state index in [1.807, 2.05) is 43.3 Å². The molecule has 0 bridgehead atoms. The first-order chi connectivity index (χ1) is 15.1. The number of hydrogen-bond donors (Lipinski definition) is 1. The first kappa shape index (κ1) is 20.2. The second-order valence-electron chi connectivity index (χ2n) is 6.85. The van der Waals surface area contributed by atoms with Gasteiger partial charge in [-0.2, -0.15) is 4.98 Å². The molecule has 4 rings (SSSR count). The number of carbonyl (C=O) groups excluding carboxylic acids is 1. The number of carbonyl (C=O) groups is 1. The summed E-state index contributed by atoms with van der Waals surface area (Å²) in [7, 11) is 1.55. The van der Waals surface area contributed by atoms with Gasteiger partial charge in [0.25, 0.3) is 11.8 Å². The Morgan fingerprint density at radius 1 is 0.968 bits per heavy atom. The summed E-state index contributed by atoms with van der Waals surface area (Å²) in [5, 5.41) is 6.82. The molecule has 0 unspecified atom stereocenters. The number of nitrogens with zero attached hydrogens (tertiary/aromatic N) is 2. The molecular weight excluding hydrogens is 394 g/mol. The summed E-state index contributed by atoms with van der Waals surface area (Å²) in [5.74, 6) is 1.80. The average Bonchev–Trinajstić information content (AvgIpc) is 3.29. The van der Waals surface area contributed by atoms with Crippen LogP contribution in [-0.4, -0.2) is 29.8 Å². The Morgan fingerprint density at radius 3 is 2.42 bits per heavy atom. The van der Waals surface area contributed by atoms with E-state index in [2.05, 4.69) is 15.5 Å². The minimum atomic E-state index is -0.284. The highest BCUT2D eigenvalue weighted by molar-refractivity contribution is 5.93. The molecule has 0 aliphatic carbocycles. The smallest absolute Gasteiger partial charge is 0.262 e. The fraction of sp³-hybridized carbons (Fsp3) is 0.125. The van der Waals surface area contributed by atoms with Crippen molar-refractivity contribution in [3.05, 3.63) is 78.4 Å². The van der Waals surface area contributed by atoms with Crippen molar-refractivity contribution < 1.29 is 18.8 Å². The van der Waals surface area contributed by atoms with E-state index >= 15 is 0 Å². The number of anilines is 1. The van der Waals surface area contributed by atoms with Gasteiger partial charge < -0.3 is 19.3 Å². The third kappa shape index (κ3) is 4.90. The van der Waals surface area contributed by atoms with Crippen LogP contribution in [-0.2, 0) is 4.79 Å². The maximum absolute atomic E-state index is 12.2. The molecule has 7 heteroatoms. The van der Waals surface area contributed by atoms with E-state index in [0.29, 0.717) is 28.9 Å². The lowest BCUT2D eigenvalue weighted by Crippen LogP contribution is -2.20. The van der Waals surface area contributed by atoms with Gasteiger partial charge in [-0.1, -0.05) is 47.1 Å². The van der Waals surface area contributed by atoms with Crippen LogP contribution in [0.25, 0.3) is 22.8 Å². The van der Waals surface area contributed by atoms with Crippen LogP contribution in [0.3, 0.4) is 0 Å². The van der Waals surface area contributed by atoms with Crippen LogP contribution < -0.4 is 14.8 Å². The molecule has 0 saturated heterocycles. The SMILES string of the molecule is COc1ccccc1NC(=O)COc1ccc(-c2nc(-c3ccc(C)cc3)no2)cc1. The van der Waals surface area contributed by atoms with Crippen molar-refractivity contribution in [3.8, 4) is 34.3 Å². The second kappa shape index (κ2) is 9.13. The molecule has 0 atom stereocenters. The summed E-state index contributed by atoms with van der Waals surface area (Å²) in [4.78, 5) is 16.6. The van der Waals surface area contributed by atoms with E-state index in [-0.39, 0.29) is 12.5 Å². The van der Waals surface area contributed by atoms with Crippen LogP contribution >= 0.6 is 0 Å². The highest BCUT2D eigenvalue weighted by Gasteiger charge is 2.11. The molecule has 1 N–H and O–H groups in total. The summed E-state index contributed by atoms with van der Waals surface area (Å²) in [6.45, 7) is 1.90. The van der Waals surface area contributed by atoms with E-state index in [9.17, 15) is 4.79 Å². The average molecular weight is 415 g/mol. The van der Waals surface area contributed by atoms with Crippen LogP contribution in [0.4, 0.5) is 5.69 Å². The molecule has 156 valence electrons. The second-order valence-corrected chi connectivity index (χ2v) is 6.85. The van der Waals surface area contributed by atoms with Crippen molar-refractivity contribution in [2.75, 3.05) is 19.0 Å². The van der Waals surface area contributed by atoms with Gasteiger partial charge in [-0.3, -0.25) is 4.79 Å². The maximum Gasteiger partial charge on any atom is 0.262 e. The Balaban J connectivity index is 1.36. The highest BCUT2D eigenvalue weighted by atomic mass is 16.5. The number of aryl methyl sites for hydroxylation is 1. The van der Waals surface area contributed by atoms with E-state index in [1.165, 1.54) is 5.56 Å². The van der Waals surface area contributed by atoms with Crippen LogP contribution in [0, 0.1) is 6.92 Å². The van der Waals surface area contributed by atoms with Crippen LogP contribution in [0.2, 0.25) is 0 Å².